The first-order valence-electron chi connectivity index (χ1n) is 9.46. The molecule has 3 aromatic rings. The van der Waals surface area contributed by atoms with Gasteiger partial charge in [-0.3, -0.25) is 0 Å². The van der Waals surface area contributed by atoms with Crippen molar-refractivity contribution in [2.75, 3.05) is 17.4 Å². The number of benzene rings is 2. The number of hydrogen-bond acceptors (Lipinski definition) is 6. The summed E-state index contributed by atoms with van der Waals surface area (Å²) >= 11 is 0. The highest BCUT2D eigenvalue weighted by molar-refractivity contribution is 5.65. The molecule has 0 spiro atoms. The molecule has 1 aromatic heterocycles. The fourth-order valence-electron chi connectivity index (χ4n) is 3.27. The Kier molecular flexibility index (Phi) is 5.02. The van der Waals surface area contributed by atoms with Crippen LogP contribution in [0.1, 0.15) is 29.3 Å². The smallest absolute Gasteiger partial charge is 0.231 e. The maximum atomic E-state index is 5.44. The number of aromatic nitrogens is 2. The second kappa shape index (κ2) is 7.76. The third-order valence-corrected chi connectivity index (χ3v) is 4.73. The van der Waals surface area contributed by atoms with E-state index >= 15 is 0 Å². The number of hydrogen-bond donors (Lipinski definition) is 2. The van der Waals surface area contributed by atoms with Crippen molar-refractivity contribution in [2.45, 2.75) is 33.7 Å². The van der Waals surface area contributed by atoms with Crippen LogP contribution in [-0.4, -0.2) is 16.8 Å². The topological polar surface area (TPSA) is 68.3 Å². The van der Waals surface area contributed by atoms with Crippen molar-refractivity contribution < 1.29 is 9.47 Å². The highest BCUT2D eigenvalue weighted by Gasteiger charge is 2.13. The number of ether oxygens (including phenoxy) is 2. The minimum atomic E-state index is 0.279. The lowest BCUT2D eigenvalue weighted by Gasteiger charge is -2.15. The van der Waals surface area contributed by atoms with Gasteiger partial charge in [-0.05, 0) is 49.1 Å². The van der Waals surface area contributed by atoms with E-state index in [0.29, 0.717) is 12.5 Å². The third kappa shape index (κ3) is 3.86. The quantitative estimate of drug-likeness (QED) is 0.648. The van der Waals surface area contributed by atoms with E-state index in [4.69, 9.17) is 9.47 Å². The highest BCUT2D eigenvalue weighted by Crippen LogP contribution is 2.32. The highest BCUT2D eigenvalue weighted by atomic mass is 16.7. The van der Waals surface area contributed by atoms with Crippen LogP contribution in [0, 0.1) is 13.8 Å². The van der Waals surface area contributed by atoms with E-state index in [2.05, 4.69) is 52.6 Å². The van der Waals surface area contributed by atoms with Gasteiger partial charge in [-0.15, -0.1) is 0 Å². The minimum absolute atomic E-state index is 0.279. The number of aryl methyl sites for hydroxylation is 3. The summed E-state index contributed by atoms with van der Waals surface area (Å²) in [5.41, 5.74) is 5.56. The summed E-state index contributed by atoms with van der Waals surface area (Å²) in [5, 5.41) is 6.78. The molecule has 1 aliphatic rings. The minimum Gasteiger partial charge on any atom is -0.454 e. The number of anilines is 3. The van der Waals surface area contributed by atoms with Crippen LogP contribution in [-0.2, 0) is 13.0 Å². The first-order chi connectivity index (χ1) is 13.6. The summed E-state index contributed by atoms with van der Waals surface area (Å²) in [6.07, 6.45) is 0.962. The largest absolute Gasteiger partial charge is 0.454 e. The second-order valence-electron chi connectivity index (χ2n) is 6.85. The summed E-state index contributed by atoms with van der Waals surface area (Å²) in [6, 6.07) is 14.2. The van der Waals surface area contributed by atoms with Gasteiger partial charge in [0.1, 0.15) is 5.82 Å². The molecule has 2 aromatic carbocycles. The Bertz CT molecular complexity index is 1000. The molecule has 144 valence electrons. The molecule has 0 unspecified atom stereocenters. The maximum absolute atomic E-state index is 5.44. The molecule has 0 fully saturated rings. The Morgan fingerprint density at radius 2 is 1.86 bits per heavy atom. The maximum Gasteiger partial charge on any atom is 0.231 e. The molecule has 0 aliphatic carbocycles. The van der Waals surface area contributed by atoms with Crippen molar-refractivity contribution in [3.63, 3.8) is 0 Å². The van der Waals surface area contributed by atoms with Gasteiger partial charge < -0.3 is 20.1 Å². The number of para-hydroxylation sites is 1. The lowest BCUT2D eigenvalue weighted by atomic mass is 10.1. The molecule has 2 heterocycles. The molecule has 0 atom stereocenters. The van der Waals surface area contributed by atoms with Crippen molar-refractivity contribution in [1.82, 2.24) is 9.97 Å². The predicted octanol–water partition coefficient (Wildman–Crippen LogP) is 4.74. The Morgan fingerprint density at radius 3 is 2.71 bits per heavy atom. The third-order valence-electron chi connectivity index (χ3n) is 4.73. The van der Waals surface area contributed by atoms with Gasteiger partial charge in [-0.2, -0.15) is 4.98 Å². The SMILES string of the molecule is CCc1cccc(C)c1Nc1cc(C)nc(NCc2ccc3c(c2)OCO3)n1. The zero-order valence-electron chi connectivity index (χ0n) is 16.4. The predicted molar refractivity (Wildman–Crippen MR) is 111 cm³/mol. The van der Waals surface area contributed by atoms with Crippen LogP contribution in [0.3, 0.4) is 0 Å². The van der Waals surface area contributed by atoms with Crippen LogP contribution in [0.4, 0.5) is 17.5 Å². The van der Waals surface area contributed by atoms with E-state index in [1.54, 1.807) is 0 Å². The van der Waals surface area contributed by atoms with Gasteiger partial charge >= 0.3 is 0 Å². The monoisotopic (exact) mass is 376 g/mol. The molecule has 28 heavy (non-hydrogen) atoms. The summed E-state index contributed by atoms with van der Waals surface area (Å²) in [7, 11) is 0. The molecule has 1 aliphatic heterocycles. The van der Waals surface area contributed by atoms with Crippen molar-refractivity contribution >= 4 is 17.5 Å². The first kappa shape index (κ1) is 18.1. The van der Waals surface area contributed by atoms with E-state index in [-0.39, 0.29) is 6.79 Å². The van der Waals surface area contributed by atoms with Crippen molar-refractivity contribution in [2.24, 2.45) is 0 Å². The number of nitrogens with one attached hydrogen (secondary N) is 2. The standard InChI is InChI=1S/C22H24N4O2/c1-4-17-7-5-6-14(2)21(17)25-20-10-15(3)24-22(26-20)23-12-16-8-9-18-19(11-16)28-13-27-18/h5-11H,4,12-13H2,1-3H3,(H2,23,24,25,26). The van der Waals surface area contributed by atoms with Gasteiger partial charge in [-0.1, -0.05) is 31.2 Å². The van der Waals surface area contributed by atoms with Gasteiger partial charge in [0.15, 0.2) is 11.5 Å². The molecule has 2 N–H and O–H groups in total. The summed E-state index contributed by atoms with van der Waals surface area (Å²) < 4.78 is 10.8. The molecule has 0 saturated carbocycles. The van der Waals surface area contributed by atoms with E-state index in [0.717, 1.165) is 40.7 Å². The fourth-order valence-corrected chi connectivity index (χ4v) is 3.27. The molecular formula is C22H24N4O2. The number of fused-ring (bicyclic) bond motifs is 1. The molecule has 0 bridgehead atoms. The van der Waals surface area contributed by atoms with Gasteiger partial charge in [-0.25, -0.2) is 4.98 Å². The van der Waals surface area contributed by atoms with Gasteiger partial charge in [0, 0.05) is 24.0 Å². The first-order valence-corrected chi connectivity index (χ1v) is 9.46. The van der Waals surface area contributed by atoms with Crippen LogP contribution in [0.5, 0.6) is 11.5 Å². The molecule has 6 nitrogen and oxygen atoms in total. The van der Waals surface area contributed by atoms with E-state index in [1.165, 1.54) is 11.1 Å². The van der Waals surface area contributed by atoms with Gasteiger partial charge in [0.25, 0.3) is 0 Å². The van der Waals surface area contributed by atoms with Crippen LogP contribution in [0.2, 0.25) is 0 Å². The second-order valence-corrected chi connectivity index (χ2v) is 6.85. The Labute approximate surface area is 164 Å². The lowest BCUT2D eigenvalue weighted by Crippen LogP contribution is -2.07. The van der Waals surface area contributed by atoms with Crippen LogP contribution < -0.4 is 20.1 Å². The van der Waals surface area contributed by atoms with Crippen molar-refractivity contribution in [3.05, 3.63) is 64.8 Å². The molecule has 4 rings (SSSR count). The zero-order valence-corrected chi connectivity index (χ0v) is 16.4. The van der Waals surface area contributed by atoms with Crippen molar-refractivity contribution in [1.29, 1.82) is 0 Å². The average molecular weight is 376 g/mol. The Hall–Kier alpha value is -3.28. The number of rotatable bonds is 6. The Balaban J connectivity index is 1.51. The lowest BCUT2D eigenvalue weighted by molar-refractivity contribution is 0.174. The van der Waals surface area contributed by atoms with Crippen molar-refractivity contribution in [3.8, 4) is 11.5 Å². The fraction of sp³-hybridized carbons (Fsp3) is 0.273. The van der Waals surface area contributed by atoms with Gasteiger partial charge in [0.05, 0.1) is 0 Å². The van der Waals surface area contributed by atoms with Gasteiger partial charge in [0.2, 0.25) is 12.7 Å². The molecule has 0 saturated heterocycles. The van der Waals surface area contributed by atoms with Crippen LogP contribution in [0.25, 0.3) is 0 Å². The van der Waals surface area contributed by atoms with E-state index < -0.39 is 0 Å². The average Bonchev–Trinajstić information content (AvgIpc) is 3.15. The summed E-state index contributed by atoms with van der Waals surface area (Å²) in [6.45, 7) is 7.11. The van der Waals surface area contributed by atoms with E-state index in [1.807, 2.05) is 31.2 Å². The van der Waals surface area contributed by atoms with Crippen LogP contribution >= 0.6 is 0 Å². The van der Waals surface area contributed by atoms with E-state index in [9.17, 15) is 0 Å². The molecule has 6 heteroatoms. The van der Waals surface area contributed by atoms with Crippen LogP contribution in [0.15, 0.2) is 42.5 Å². The summed E-state index contributed by atoms with van der Waals surface area (Å²) in [4.78, 5) is 9.15. The number of nitrogens with zero attached hydrogens (tertiary/aromatic N) is 2. The molecule has 0 amide bonds. The summed E-state index contributed by atoms with van der Waals surface area (Å²) in [5.74, 6) is 2.93. The Morgan fingerprint density at radius 1 is 1.00 bits per heavy atom. The molecular weight excluding hydrogens is 352 g/mol. The zero-order chi connectivity index (χ0) is 19.5. The normalized spacial score (nSPS) is 12.1. The molecule has 0 radical (unpaired) electrons.